The minimum absolute atomic E-state index is 0.495. The molecule has 7 heteroatoms. The monoisotopic (exact) mass is 326 g/mol. The maximum Gasteiger partial charge on any atom is 0.330 e. The first-order chi connectivity index (χ1) is 11.6. The first kappa shape index (κ1) is 14.7. The Balaban J connectivity index is 1.65. The number of piperidine rings is 1. The molecule has 1 aliphatic rings. The van der Waals surface area contributed by atoms with E-state index >= 15 is 0 Å². The molecule has 1 aliphatic heterocycles. The number of furan rings is 1. The maximum atomic E-state index is 12.0. The number of hydrogen-bond acceptors (Lipinski definition) is 5. The molecule has 24 heavy (non-hydrogen) atoms. The van der Waals surface area contributed by atoms with Gasteiger partial charge in [-0.2, -0.15) is 0 Å². The van der Waals surface area contributed by atoms with Gasteiger partial charge >= 0.3 is 5.97 Å². The number of carbonyl (C=O) groups is 1. The molecule has 0 radical (unpaired) electrons. The van der Waals surface area contributed by atoms with Crippen molar-refractivity contribution in [3.63, 3.8) is 0 Å². The van der Waals surface area contributed by atoms with Crippen LogP contribution in [0.2, 0.25) is 0 Å². The highest BCUT2D eigenvalue weighted by Crippen LogP contribution is 2.35. The van der Waals surface area contributed by atoms with Crippen LogP contribution in [0.5, 0.6) is 0 Å². The van der Waals surface area contributed by atoms with Crippen LogP contribution in [-0.4, -0.2) is 38.7 Å². The van der Waals surface area contributed by atoms with Gasteiger partial charge in [0.25, 0.3) is 0 Å². The number of imidazole rings is 1. The van der Waals surface area contributed by atoms with Crippen LogP contribution in [-0.2, 0) is 10.3 Å². The summed E-state index contributed by atoms with van der Waals surface area (Å²) in [5.41, 5.74) is -0.151. The van der Waals surface area contributed by atoms with Crippen molar-refractivity contribution in [2.45, 2.75) is 25.3 Å². The summed E-state index contributed by atoms with van der Waals surface area (Å²) in [5.74, 6) is 0.765. The Bertz CT molecular complexity index is 890. The van der Waals surface area contributed by atoms with Crippen molar-refractivity contribution >= 4 is 22.8 Å². The Kier molecular flexibility index (Phi) is 3.30. The topological polar surface area (TPSA) is 84.4 Å². The van der Waals surface area contributed by atoms with Crippen LogP contribution in [0.3, 0.4) is 0 Å². The van der Waals surface area contributed by atoms with Crippen molar-refractivity contribution in [1.29, 1.82) is 0 Å². The Hall–Kier alpha value is -2.83. The van der Waals surface area contributed by atoms with Gasteiger partial charge in [-0.3, -0.25) is 0 Å². The smallest absolute Gasteiger partial charge is 0.330 e. The summed E-state index contributed by atoms with van der Waals surface area (Å²) in [7, 11) is 0. The van der Waals surface area contributed by atoms with Gasteiger partial charge in [0.2, 0.25) is 0 Å². The van der Waals surface area contributed by atoms with Gasteiger partial charge in [-0.05, 0) is 31.9 Å². The molecule has 0 atom stereocenters. The number of carboxylic acid groups (broad SMARTS) is 1. The third-order valence-electron chi connectivity index (χ3n) is 4.93. The summed E-state index contributed by atoms with van der Waals surface area (Å²) in [6, 6.07) is 3.73. The molecule has 1 fully saturated rings. The molecule has 4 heterocycles. The molecule has 0 bridgehead atoms. The molecule has 0 saturated carbocycles. The van der Waals surface area contributed by atoms with E-state index < -0.39 is 11.5 Å². The fraction of sp³-hybridized carbons (Fsp3) is 0.353. The Labute approximate surface area is 138 Å². The lowest BCUT2D eigenvalue weighted by molar-refractivity contribution is -0.149. The highest BCUT2D eigenvalue weighted by atomic mass is 16.4. The molecular weight excluding hydrogens is 308 g/mol. The fourth-order valence-electron chi connectivity index (χ4n) is 3.61. The first-order valence-corrected chi connectivity index (χ1v) is 7.93. The number of aryl methyl sites for hydroxylation is 1. The predicted molar refractivity (Wildman–Crippen MR) is 88.0 cm³/mol. The van der Waals surface area contributed by atoms with Gasteiger partial charge < -0.3 is 19.0 Å². The van der Waals surface area contributed by atoms with Crippen molar-refractivity contribution in [3.8, 4) is 0 Å². The van der Waals surface area contributed by atoms with Crippen LogP contribution in [0.15, 0.2) is 41.4 Å². The van der Waals surface area contributed by atoms with Crippen molar-refractivity contribution in [3.05, 3.63) is 42.8 Å². The van der Waals surface area contributed by atoms with E-state index in [9.17, 15) is 9.90 Å². The van der Waals surface area contributed by atoms with Crippen LogP contribution < -0.4 is 4.90 Å². The molecule has 0 aromatic carbocycles. The number of fused-ring (bicyclic) bond motifs is 1. The second-order valence-corrected chi connectivity index (χ2v) is 6.14. The van der Waals surface area contributed by atoms with E-state index in [1.165, 1.54) is 0 Å². The molecule has 0 spiro atoms. The largest absolute Gasteiger partial charge is 0.479 e. The van der Waals surface area contributed by atoms with Gasteiger partial charge in [0.1, 0.15) is 22.8 Å². The molecule has 3 aromatic rings. The number of nitrogens with zero attached hydrogens (tertiary/aromatic N) is 4. The van der Waals surface area contributed by atoms with E-state index in [1.807, 2.05) is 19.1 Å². The third-order valence-corrected chi connectivity index (χ3v) is 4.93. The molecule has 4 rings (SSSR count). The van der Waals surface area contributed by atoms with Crippen molar-refractivity contribution in [2.24, 2.45) is 0 Å². The van der Waals surface area contributed by atoms with Gasteiger partial charge in [-0.15, -0.1) is 0 Å². The highest BCUT2D eigenvalue weighted by molar-refractivity contribution is 5.88. The molecule has 1 saturated heterocycles. The Morgan fingerprint density at radius 2 is 2.04 bits per heavy atom. The van der Waals surface area contributed by atoms with E-state index in [2.05, 4.69) is 14.9 Å². The zero-order valence-electron chi connectivity index (χ0n) is 13.3. The third kappa shape index (κ3) is 2.08. The van der Waals surface area contributed by atoms with Crippen molar-refractivity contribution in [1.82, 2.24) is 14.5 Å². The minimum Gasteiger partial charge on any atom is -0.479 e. The number of aliphatic carboxylic acids is 1. The normalized spacial score (nSPS) is 17.3. The summed E-state index contributed by atoms with van der Waals surface area (Å²) in [4.78, 5) is 22.8. The number of carboxylic acids is 1. The standard InChI is InChI=1S/C17H18N4O3/c1-12-18-7-10-21(12)17(16(22)23)4-8-20(9-5-17)15-13-3-11-24-14(13)2-6-19-15/h2-3,6-7,10-11H,4-5,8-9H2,1H3,(H,22,23). The average molecular weight is 326 g/mol. The van der Waals surface area contributed by atoms with E-state index in [0.29, 0.717) is 25.9 Å². The van der Waals surface area contributed by atoms with Crippen molar-refractivity contribution < 1.29 is 14.3 Å². The number of pyridine rings is 1. The molecule has 0 amide bonds. The summed E-state index contributed by atoms with van der Waals surface area (Å²) >= 11 is 0. The lowest BCUT2D eigenvalue weighted by Gasteiger charge is -2.40. The SMILES string of the molecule is Cc1nccn1C1(C(=O)O)CCN(c2nccc3occc23)CC1. The quantitative estimate of drug-likeness (QED) is 0.795. The van der Waals surface area contributed by atoms with E-state index in [4.69, 9.17) is 4.42 Å². The molecule has 1 N–H and O–H groups in total. The van der Waals surface area contributed by atoms with Gasteiger partial charge in [-0.1, -0.05) is 0 Å². The number of hydrogen-bond donors (Lipinski definition) is 1. The van der Waals surface area contributed by atoms with Crippen LogP contribution in [0.4, 0.5) is 5.82 Å². The Morgan fingerprint density at radius 3 is 2.71 bits per heavy atom. The average Bonchev–Trinajstić information content (AvgIpc) is 3.23. The number of anilines is 1. The van der Waals surface area contributed by atoms with E-state index in [1.54, 1.807) is 29.4 Å². The number of aromatic nitrogens is 3. The summed E-state index contributed by atoms with van der Waals surface area (Å²) in [6.45, 7) is 3.06. The molecule has 3 aromatic heterocycles. The predicted octanol–water partition coefficient (Wildman–Crippen LogP) is 2.41. The van der Waals surface area contributed by atoms with Gasteiger partial charge in [-0.25, -0.2) is 14.8 Å². The van der Waals surface area contributed by atoms with Crippen LogP contribution in [0, 0.1) is 6.92 Å². The first-order valence-electron chi connectivity index (χ1n) is 7.93. The second kappa shape index (κ2) is 5.36. The lowest BCUT2D eigenvalue weighted by atomic mass is 9.87. The minimum atomic E-state index is -0.943. The highest BCUT2D eigenvalue weighted by Gasteiger charge is 2.44. The maximum absolute atomic E-state index is 12.0. The lowest BCUT2D eigenvalue weighted by Crippen LogP contribution is -2.51. The van der Waals surface area contributed by atoms with Crippen LogP contribution in [0.1, 0.15) is 18.7 Å². The molecule has 0 aliphatic carbocycles. The Morgan fingerprint density at radius 1 is 1.25 bits per heavy atom. The zero-order valence-corrected chi connectivity index (χ0v) is 13.3. The second-order valence-electron chi connectivity index (χ2n) is 6.14. The van der Waals surface area contributed by atoms with Gasteiger partial charge in [0.05, 0.1) is 11.6 Å². The van der Waals surface area contributed by atoms with E-state index in [0.717, 1.165) is 22.6 Å². The summed E-state index contributed by atoms with van der Waals surface area (Å²) < 4.78 is 7.22. The fourth-order valence-corrected chi connectivity index (χ4v) is 3.61. The molecule has 124 valence electrons. The van der Waals surface area contributed by atoms with Gasteiger partial charge in [0.15, 0.2) is 0 Å². The zero-order chi connectivity index (χ0) is 16.7. The van der Waals surface area contributed by atoms with Crippen LogP contribution in [0.25, 0.3) is 11.0 Å². The van der Waals surface area contributed by atoms with Gasteiger partial charge in [0, 0.05) is 31.7 Å². The molecule has 7 nitrogen and oxygen atoms in total. The van der Waals surface area contributed by atoms with Crippen LogP contribution >= 0.6 is 0 Å². The summed E-state index contributed by atoms with van der Waals surface area (Å²) in [6.07, 6.45) is 7.77. The molecular formula is C17H18N4O3. The summed E-state index contributed by atoms with van der Waals surface area (Å²) in [5, 5.41) is 10.8. The van der Waals surface area contributed by atoms with E-state index in [-0.39, 0.29) is 0 Å². The van der Waals surface area contributed by atoms with Crippen molar-refractivity contribution in [2.75, 3.05) is 18.0 Å². The number of rotatable bonds is 3. The molecule has 0 unspecified atom stereocenters.